The average molecular weight is 474 g/mol. The summed E-state index contributed by atoms with van der Waals surface area (Å²) in [7, 11) is 0. The van der Waals surface area contributed by atoms with Gasteiger partial charge in [0.1, 0.15) is 0 Å². The van der Waals surface area contributed by atoms with Crippen molar-refractivity contribution in [2.45, 2.75) is 32.5 Å². The van der Waals surface area contributed by atoms with E-state index in [1.807, 2.05) is 67.0 Å². The molecule has 0 bridgehead atoms. The lowest BCUT2D eigenvalue weighted by atomic mass is 9.96. The highest BCUT2D eigenvalue weighted by Gasteiger charge is 2.41. The summed E-state index contributed by atoms with van der Waals surface area (Å²) in [5.74, 6) is 0. The van der Waals surface area contributed by atoms with Gasteiger partial charge in [0.2, 0.25) is 0 Å². The lowest BCUT2D eigenvalue weighted by molar-refractivity contribution is 0.307. The molecule has 0 radical (unpaired) electrons. The van der Waals surface area contributed by atoms with Gasteiger partial charge >= 0.3 is 0 Å². The second-order valence-electron chi connectivity index (χ2n) is 8.22. The maximum absolute atomic E-state index is 6.31. The molecule has 0 aliphatic carbocycles. The fraction of sp³-hybridized carbons (Fsp3) is 0.192. The Morgan fingerprint density at radius 3 is 2.45 bits per heavy atom. The lowest BCUT2D eigenvalue weighted by Crippen LogP contribution is -2.29. The van der Waals surface area contributed by atoms with E-state index in [0.29, 0.717) is 16.7 Å². The molecule has 0 saturated carbocycles. The Morgan fingerprint density at radius 1 is 0.970 bits per heavy atom. The van der Waals surface area contributed by atoms with Gasteiger partial charge in [0.05, 0.1) is 30.0 Å². The summed E-state index contributed by atoms with van der Waals surface area (Å²) in [6.45, 7) is 4.89. The molecule has 5 rings (SSSR count). The van der Waals surface area contributed by atoms with Gasteiger partial charge in [-0.1, -0.05) is 29.8 Å². The van der Waals surface area contributed by atoms with E-state index in [2.05, 4.69) is 50.7 Å². The molecule has 166 valence electrons. The normalized spacial score (nSPS) is 17.9. The number of nitrogens with one attached hydrogen (secondary N) is 1. The number of halogens is 1. The van der Waals surface area contributed by atoms with Crippen LogP contribution in [0.4, 0.5) is 0 Å². The molecule has 1 aliphatic heterocycles. The van der Waals surface area contributed by atoms with Crippen LogP contribution in [0.3, 0.4) is 0 Å². The summed E-state index contributed by atoms with van der Waals surface area (Å²) in [5.41, 5.74) is 6.46. The zero-order valence-corrected chi connectivity index (χ0v) is 20.0. The standard InChI is InChI=1S/C26H24ClN5S/c1-17-14-22(18(2)32(17)21-10-7-8-19(27)15-21)25-24(23-11-4-6-13-29-23)30-26(33)31(25)16-20-9-3-5-12-28-20/h3-15,24-25H,16H2,1-2H3,(H,30,33). The molecule has 1 fully saturated rings. The number of hydrogen-bond acceptors (Lipinski definition) is 3. The van der Waals surface area contributed by atoms with Gasteiger partial charge in [-0.05, 0) is 80.2 Å². The first-order chi connectivity index (χ1) is 16.0. The van der Waals surface area contributed by atoms with E-state index in [4.69, 9.17) is 23.8 Å². The predicted molar refractivity (Wildman–Crippen MR) is 135 cm³/mol. The number of thiocarbonyl (C=S) groups is 1. The molecule has 7 heteroatoms. The van der Waals surface area contributed by atoms with Gasteiger partial charge in [0.25, 0.3) is 0 Å². The molecule has 1 saturated heterocycles. The first kappa shape index (κ1) is 21.6. The Kier molecular flexibility index (Phi) is 5.87. The van der Waals surface area contributed by atoms with Gasteiger partial charge in [-0.2, -0.15) is 0 Å². The molecule has 2 unspecified atom stereocenters. The van der Waals surface area contributed by atoms with Gasteiger partial charge in [-0.15, -0.1) is 0 Å². The van der Waals surface area contributed by atoms with Crippen molar-refractivity contribution in [3.8, 4) is 5.69 Å². The number of rotatable bonds is 5. The van der Waals surface area contributed by atoms with Crippen LogP contribution in [-0.4, -0.2) is 24.5 Å². The second-order valence-corrected chi connectivity index (χ2v) is 9.04. The monoisotopic (exact) mass is 473 g/mol. The van der Waals surface area contributed by atoms with Crippen molar-refractivity contribution in [3.63, 3.8) is 0 Å². The molecular weight excluding hydrogens is 450 g/mol. The van der Waals surface area contributed by atoms with E-state index in [9.17, 15) is 0 Å². The molecule has 0 amide bonds. The van der Waals surface area contributed by atoms with Crippen LogP contribution in [-0.2, 0) is 6.54 Å². The molecule has 1 aliphatic rings. The summed E-state index contributed by atoms with van der Waals surface area (Å²) in [6, 6.07) is 22.0. The van der Waals surface area contributed by atoms with Crippen LogP contribution in [0, 0.1) is 13.8 Å². The first-order valence-corrected chi connectivity index (χ1v) is 11.6. The van der Waals surface area contributed by atoms with Crippen molar-refractivity contribution in [2.75, 3.05) is 0 Å². The van der Waals surface area contributed by atoms with E-state index in [1.165, 1.54) is 5.56 Å². The molecule has 5 nitrogen and oxygen atoms in total. The summed E-state index contributed by atoms with van der Waals surface area (Å²) < 4.78 is 2.25. The van der Waals surface area contributed by atoms with Gasteiger partial charge in [-0.25, -0.2) is 0 Å². The largest absolute Gasteiger partial charge is 0.352 e. The fourth-order valence-corrected chi connectivity index (χ4v) is 5.17. The van der Waals surface area contributed by atoms with Crippen LogP contribution in [0.2, 0.25) is 5.02 Å². The molecule has 2 atom stereocenters. The first-order valence-electron chi connectivity index (χ1n) is 10.9. The van der Waals surface area contributed by atoms with Crippen LogP contribution in [0.15, 0.2) is 79.1 Å². The summed E-state index contributed by atoms with van der Waals surface area (Å²) >= 11 is 12.1. The van der Waals surface area contributed by atoms with E-state index in [-0.39, 0.29) is 12.1 Å². The maximum Gasteiger partial charge on any atom is 0.170 e. The maximum atomic E-state index is 6.31. The smallest absolute Gasteiger partial charge is 0.170 e. The van der Waals surface area contributed by atoms with Crippen molar-refractivity contribution >= 4 is 28.9 Å². The van der Waals surface area contributed by atoms with Crippen LogP contribution in [0.25, 0.3) is 5.69 Å². The summed E-state index contributed by atoms with van der Waals surface area (Å²) in [6.07, 6.45) is 3.64. The number of benzene rings is 1. The van der Waals surface area contributed by atoms with Crippen molar-refractivity contribution in [1.29, 1.82) is 0 Å². The number of nitrogens with zero attached hydrogens (tertiary/aromatic N) is 4. The third-order valence-corrected chi connectivity index (χ3v) is 6.70. The average Bonchev–Trinajstić information content (AvgIpc) is 3.30. The van der Waals surface area contributed by atoms with Gasteiger partial charge in [0, 0.05) is 34.5 Å². The third kappa shape index (κ3) is 4.12. The van der Waals surface area contributed by atoms with Gasteiger partial charge < -0.3 is 14.8 Å². The van der Waals surface area contributed by atoms with Gasteiger partial charge in [-0.3, -0.25) is 9.97 Å². The Morgan fingerprint density at radius 2 is 1.76 bits per heavy atom. The highest BCUT2D eigenvalue weighted by molar-refractivity contribution is 7.80. The minimum atomic E-state index is -0.0734. The quantitative estimate of drug-likeness (QED) is 0.376. The minimum absolute atomic E-state index is 0.0338. The Labute approximate surface area is 204 Å². The van der Waals surface area contributed by atoms with Crippen molar-refractivity contribution in [2.24, 2.45) is 0 Å². The molecular formula is C26H24ClN5S. The van der Waals surface area contributed by atoms with E-state index in [0.717, 1.165) is 28.5 Å². The topological polar surface area (TPSA) is 46.0 Å². The Balaban J connectivity index is 1.62. The number of aromatic nitrogens is 3. The number of hydrogen-bond donors (Lipinski definition) is 1. The molecule has 1 aromatic carbocycles. The van der Waals surface area contributed by atoms with Crippen LogP contribution in [0.1, 0.15) is 40.4 Å². The predicted octanol–water partition coefficient (Wildman–Crippen LogP) is 5.71. The highest BCUT2D eigenvalue weighted by atomic mass is 35.5. The summed E-state index contributed by atoms with van der Waals surface area (Å²) in [5, 5.41) is 4.95. The molecule has 33 heavy (non-hydrogen) atoms. The third-order valence-electron chi connectivity index (χ3n) is 6.11. The van der Waals surface area contributed by atoms with E-state index in [1.54, 1.807) is 0 Å². The molecule has 4 aromatic rings. The van der Waals surface area contributed by atoms with Crippen LogP contribution in [0.5, 0.6) is 0 Å². The van der Waals surface area contributed by atoms with Crippen molar-refractivity contribution < 1.29 is 0 Å². The summed E-state index contributed by atoms with van der Waals surface area (Å²) in [4.78, 5) is 11.4. The van der Waals surface area contributed by atoms with Crippen molar-refractivity contribution in [1.82, 2.24) is 24.8 Å². The molecule has 4 heterocycles. The van der Waals surface area contributed by atoms with Crippen LogP contribution >= 0.6 is 23.8 Å². The molecule has 3 aromatic heterocycles. The zero-order valence-electron chi connectivity index (χ0n) is 18.4. The van der Waals surface area contributed by atoms with E-state index < -0.39 is 0 Å². The molecule has 1 N–H and O–H groups in total. The van der Waals surface area contributed by atoms with Crippen molar-refractivity contribution in [3.05, 3.63) is 112 Å². The SMILES string of the molecule is Cc1cc(C2C(c3ccccn3)NC(=S)N2Cc2ccccn2)c(C)n1-c1cccc(Cl)c1. The Hall–Kier alpha value is -3.22. The number of pyridine rings is 2. The van der Waals surface area contributed by atoms with E-state index >= 15 is 0 Å². The Bertz CT molecular complexity index is 1290. The number of aryl methyl sites for hydroxylation is 1. The highest BCUT2D eigenvalue weighted by Crippen LogP contribution is 2.42. The second kappa shape index (κ2) is 8.96. The zero-order chi connectivity index (χ0) is 22.9. The van der Waals surface area contributed by atoms with Crippen LogP contribution < -0.4 is 5.32 Å². The van der Waals surface area contributed by atoms with Gasteiger partial charge in [0.15, 0.2) is 5.11 Å². The fourth-order valence-electron chi connectivity index (χ4n) is 4.68. The lowest BCUT2D eigenvalue weighted by Gasteiger charge is -2.28. The minimum Gasteiger partial charge on any atom is -0.352 e. The molecule has 0 spiro atoms.